The van der Waals surface area contributed by atoms with E-state index in [0.717, 1.165) is 12.3 Å². The second-order valence-corrected chi connectivity index (χ2v) is 4.28. The van der Waals surface area contributed by atoms with Crippen LogP contribution < -0.4 is 4.74 Å². The van der Waals surface area contributed by atoms with Crippen LogP contribution in [0, 0.1) is 6.92 Å². The van der Waals surface area contributed by atoms with Crippen molar-refractivity contribution in [2.45, 2.75) is 20.0 Å². The molecule has 0 aliphatic carbocycles. The molecule has 0 aliphatic heterocycles. The molecule has 1 rings (SSSR count). The van der Waals surface area contributed by atoms with Gasteiger partial charge in [-0.1, -0.05) is 12.1 Å². The van der Waals surface area contributed by atoms with Crippen LogP contribution in [-0.4, -0.2) is 42.9 Å². The molecular formula is C13H21NO2. The molecule has 90 valence electrons. The number of nitrogens with zero attached hydrogens (tertiary/aromatic N) is 1. The summed E-state index contributed by atoms with van der Waals surface area (Å²) in [6.45, 7) is 5.98. The Morgan fingerprint density at radius 2 is 2.19 bits per heavy atom. The van der Waals surface area contributed by atoms with Crippen LogP contribution in [0.25, 0.3) is 0 Å². The van der Waals surface area contributed by atoms with Crippen molar-refractivity contribution in [2.75, 3.05) is 26.7 Å². The summed E-state index contributed by atoms with van der Waals surface area (Å²) in [5, 5.41) is 9.19. The number of aliphatic hydroxyl groups excluding tert-OH is 1. The minimum atomic E-state index is -0.288. The molecule has 16 heavy (non-hydrogen) atoms. The fourth-order valence-corrected chi connectivity index (χ4v) is 1.57. The van der Waals surface area contributed by atoms with Crippen LogP contribution in [0.1, 0.15) is 12.5 Å². The fourth-order valence-electron chi connectivity index (χ4n) is 1.57. The molecule has 0 spiro atoms. The van der Waals surface area contributed by atoms with Crippen LogP contribution in [-0.2, 0) is 0 Å². The molecule has 0 fully saturated rings. The van der Waals surface area contributed by atoms with Crippen molar-refractivity contribution in [1.29, 1.82) is 0 Å². The third-order valence-corrected chi connectivity index (χ3v) is 2.31. The second-order valence-electron chi connectivity index (χ2n) is 4.28. The van der Waals surface area contributed by atoms with Crippen LogP contribution >= 0.6 is 0 Å². The van der Waals surface area contributed by atoms with E-state index < -0.39 is 0 Å². The first-order chi connectivity index (χ1) is 7.58. The highest BCUT2D eigenvalue weighted by molar-refractivity contribution is 5.27. The molecule has 1 unspecified atom stereocenters. The van der Waals surface area contributed by atoms with Crippen molar-refractivity contribution < 1.29 is 9.84 Å². The van der Waals surface area contributed by atoms with E-state index >= 15 is 0 Å². The number of hydrogen-bond acceptors (Lipinski definition) is 3. The van der Waals surface area contributed by atoms with Gasteiger partial charge in [0.2, 0.25) is 0 Å². The average Bonchev–Trinajstić information content (AvgIpc) is 2.16. The summed E-state index contributed by atoms with van der Waals surface area (Å²) in [6.07, 6.45) is -0.288. The molecule has 0 heterocycles. The predicted octanol–water partition coefficient (Wildman–Crippen LogP) is 1.69. The van der Waals surface area contributed by atoms with Gasteiger partial charge in [0.1, 0.15) is 12.4 Å². The smallest absolute Gasteiger partial charge is 0.119 e. The van der Waals surface area contributed by atoms with Gasteiger partial charge in [0.15, 0.2) is 0 Å². The van der Waals surface area contributed by atoms with Crippen LogP contribution in [0.3, 0.4) is 0 Å². The van der Waals surface area contributed by atoms with Gasteiger partial charge in [-0.15, -0.1) is 0 Å². The van der Waals surface area contributed by atoms with E-state index in [1.165, 1.54) is 5.56 Å². The van der Waals surface area contributed by atoms with Gasteiger partial charge < -0.3 is 14.7 Å². The van der Waals surface area contributed by atoms with Gasteiger partial charge in [0.05, 0.1) is 6.10 Å². The highest BCUT2D eigenvalue weighted by Crippen LogP contribution is 2.11. The van der Waals surface area contributed by atoms with E-state index in [4.69, 9.17) is 4.74 Å². The summed E-state index contributed by atoms with van der Waals surface area (Å²) >= 11 is 0. The summed E-state index contributed by atoms with van der Waals surface area (Å²) < 4.78 is 5.62. The monoisotopic (exact) mass is 223 g/mol. The normalized spacial score (nSPS) is 12.8. The van der Waals surface area contributed by atoms with Crippen molar-refractivity contribution in [1.82, 2.24) is 4.90 Å². The van der Waals surface area contributed by atoms with E-state index in [1.54, 1.807) is 6.92 Å². The highest BCUT2D eigenvalue weighted by atomic mass is 16.5. The minimum absolute atomic E-state index is 0.288. The van der Waals surface area contributed by atoms with Gasteiger partial charge in [0.25, 0.3) is 0 Å². The highest BCUT2D eigenvalue weighted by Gasteiger charge is 2.02. The SMILES string of the molecule is Cc1cccc(OCCN(C)CC(C)O)c1. The van der Waals surface area contributed by atoms with E-state index in [9.17, 15) is 5.11 Å². The first-order valence-corrected chi connectivity index (χ1v) is 5.64. The Labute approximate surface area is 97.7 Å². The summed E-state index contributed by atoms with van der Waals surface area (Å²) in [5.74, 6) is 0.908. The Balaban J connectivity index is 2.25. The van der Waals surface area contributed by atoms with Crippen LogP contribution in [0.5, 0.6) is 5.75 Å². The molecule has 0 radical (unpaired) electrons. The lowest BCUT2D eigenvalue weighted by Crippen LogP contribution is -2.30. The van der Waals surface area contributed by atoms with E-state index in [1.807, 2.05) is 38.2 Å². The number of aliphatic hydroxyl groups is 1. The molecule has 0 saturated heterocycles. The Hall–Kier alpha value is -1.06. The van der Waals surface area contributed by atoms with Gasteiger partial charge in [0, 0.05) is 13.1 Å². The van der Waals surface area contributed by atoms with E-state index in [0.29, 0.717) is 13.2 Å². The maximum atomic E-state index is 9.19. The Morgan fingerprint density at radius 3 is 2.81 bits per heavy atom. The number of hydrogen-bond donors (Lipinski definition) is 1. The first-order valence-electron chi connectivity index (χ1n) is 5.64. The first kappa shape index (κ1) is 13.0. The van der Waals surface area contributed by atoms with Crippen molar-refractivity contribution in [3.05, 3.63) is 29.8 Å². The van der Waals surface area contributed by atoms with Crippen molar-refractivity contribution in [3.63, 3.8) is 0 Å². The summed E-state index contributed by atoms with van der Waals surface area (Å²) in [7, 11) is 1.98. The molecule has 3 nitrogen and oxygen atoms in total. The van der Waals surface area contributed by atoms with Gasteiger partial charge in [-0.3, -0.25) is 0 Å². The zero-order chi connectivity index (χ0) is 12.0. The number of aryl methyl sites for hydroxylation is 1. The Morgan fingerprint density at radius 1 is 1.44 bits per heavy atom. The molecule has 1 N–H and O–H groups in total. The molecule has 0 aromatic heterocycles. The van der Waals surface area contributed by atoms with Crippen molar-refractivity contribution >= 4 is 0 Å². The number of ether oxygens (including phenoxy) is 1. The molecular weight excluding hydrogens is 202 g/mol. The molecule has 3 heteroatoms. The van der Waals surface area contributed by atoms with Gasteiger partial charge in [-0.2, -0.15) is 0 Å². The largest absolute Gasteiger partial charge is 0.492 e. The lowest BCUT2D eigenvalue weighted by molar-refractivity contribution is 0.131. The predicted molar refractivity (Wildman–Crippen MR) is 65.9 cm³/mol. The Bertz CT molecular complexity index is 313. The van der Waals surface area contributed by atoms with E-state index in [2.05, 4.69) is 4.90 Å². The maximum absolute atomic E-state index is 9.19. The van der Waals surface area contributed by atoms with Gasteiger partial charge >= 0.3 is 0 Å². The lowest BCUT2D eigenvalue weighted by Gasteiger charge is -2.18. The molecule has 1 atom stereocenters. The zero-order valence-electron chi connectivity index (χ0n) is 10.3. The maximum Gasteiger partial charge on any atom is 0.119 e. The quantitative estimate of drug-likeness (QED) is 0.796. The molecule has 1 aromatic carbocycles. The second kappa shape index (κ2) is 6.51. The summed E-state index contributed by atoms with van der Waals surface area (Å²) in [6, 6.07) is 8.02. The topological polar surface area (TPSA) is 32.7 Å². The number of likely N-dealkylation sites (N-methyl/N-ethyl adjacent to an activating group) is 1. The average molecular weight is 223 g/mol. The summed E-state index contributed by atoms with van der Waals surface area (Å²) in [4.78, 5) is 2.06. The molecule has 0 aliphatic rings. The molecule has 0 bridgehead atoms. The third-order valence-electron chi connectivity index (χ3n) is 2.31. The van der Waals surface area contributed by atoms with Crippen molar-refractivity contribution in [3.8, 4) is 5.75 Å². The third kappa shape index (κ3) is 5.14. The molecule has 0 amide bonds. The minimum Gasteiger partial charge on any atom is -0.492 e. The number of benzene rings is 1. The van der Waals surface area contributed by atoms with Gasteiger partial charge in [-0.25, -0.2) is 0 Å². The van der Waals surface area contributed by atoms with E-state index in [-0.39, 0.29) is 6.10 Å². The van der Waals surface area contributed by atoms with Crippen LogP contribution in [0.15, 0.2) is 24.3 Å². The Kier molecular flexibility index (Phi) is 5.29. The van der Waals surface area contributed by atoms with Crippen LogP contribution in [0.4, 0.5) is 0 Å². The standard InChI is InChI=1S/C13H21NO2/c1-11-5-4-6-13(9-11)16-8-7-14(3)10-12(2)15/h4-6,9,12,15H,7-8,10H2,1-3H3. The molecule has 1 aromatic rings. The van der Waals surface area contributed by atoms with Crippen LogP contribution in [0.2, 0.25) is 0 Å². The molecule has 0 saturated carbocycles. The zero-order valence-corrected chi connectivity index (χ0v) is 10.3. The number of rotatable bonds is 6. The fraction of sp³-hybridized carbons (Fsp3) is 0.538. The lowest BCUT2D eigenvalue weighted by atomic mass is 10.2. The van der Waals surface area contributed by atoms with Gasteiger partial charge in [-0.05, 0) is 38.6 Å². The van der Waals surface area contributed by atoms with Crippen molar-refractivity contribution in [2.24, 2.45) is 0 Å². The summed E-state index contributed by atoms with van der Waals surface area (Å²) in [5.41, 5.74) is 1.20.